The van der Waals surface area contributed by atoms with Gasteiger partial charge in [0.05, 0.1) is 6.61 Å². The van der Waals surface area contributed by atoms with Crippen LogP contribution in [0, 0.1) is 0 Å². The normalized spacial score (nSPS) is 12.5. The molecule has 1 rings (SSSR count). The standard InChI is InChI=1S/C10H14O3/c1-3-13-9-6-4-5-8(7-9)10(11)12-2/h4-7,10-11H,3H2,1-2H3. The number of methoxy groups -OCH3 is 1. The molecule has 0 aliphatic heterocycles. The quantitative estimate of drug-likeness (QED) is 0.720. The van der Waals surface area contributed by atoms with E-state index in [0.717, 1.165) is 5.75 Å². The highest BCUT2D eigenvalue weighted by atomic mass is 16.6. The number of benzene rings is 1. The average Bonchev–Trinajstić information content (AvgIpc) is 2.18. The Bertz CT molecular complexity index is 260. The summed E-state index contributed by atoms with van der Waals surface area (Å²) in [6.45, 7) is 2.53. The molecular formula is C10H14O3. The van der Waals surface area contributed by atoms with Crippen molar-refractivity contribution < 1.29 is 14.6 Å². The fraction of sp³-hybridized carbons (Fsp3) is 0.400. The van der Waals surface area contributed by atoms with E-state index in [1.807, 2.05) is 19.1 Å². The molecule has 1 aromatic rings. The fourth-order valence-electron chi connectivity index (χ4n) is 1.06. The monoisotopic (exact) mass is 182 g/mol. The molecule has 0 saturated carbocycles. The maximum absolute atomic E-state index is 9.34. The highest BCUT2D eigenvalue weighted by Crippen LogP contribution is 2.19. The molecule has 72 valence electrons. The lowest BCUT2D eigenvalue weighted by Crippen LogP contribution is -2.00. The molecule has 1 unspecified atom stereocenters. The highest BCUT2D eigenvalue weighted by molar-refractivity contribution is 5.29. The van der Waals surface area contributed by atoms with Gasteiger partial charge in [0.15, 0.2) is 6.29 Å². The van der Waals surface area contributed by atoms with Crippen LogP contribution in [0.15, 0.2) is 24.3 Å². The molecule has 0 fully saturated rings. The minimum absolute atomic E-state index is 0.618. The molecule has 0 aliphatic rings. The van der Waals surface area contributed by atoms with Crippen molar-refractivity contribution >= 4 is 0 Å². The molecule has 0 amide bonds. The first-order valence-electron chi connectivity index (χ1n) is 4.21. The van der Waals surface area contributed by atoms with Gasteiger partial charge >= 0.3 is 0 Å². The predicted octanol–water partition coefficient (Wildman–Crippen LogP) is 1.72. The molecule has 0 heterocycles. The Balaban J connectivity index is 2.78. The van der Waals surface area contributed by atoms with E-state index in [1.165, 1.54) is 7.11 Å². The predicted molar refractivity (Wildman–Crippen MR) is 49.6 cm³/mol. The van der Waals surface area contributed by atoms with Crippen LogP contribution in [0.1, 0.15) is 18.8 Å². The van der Waals surface area contributed by atoms with E-state index in [9.17, 15) is 5.11 Å². The Labute approximate surface area is 77.9 Å². The van der Waals surface area contributed by atoms with Gasteiger partial charge in [0.1, 0.15) is 5.75 Å². The topological polar surface area (TPSA) is 38.7 Å². The van der Waals surface area contributed by atoms with E-state index in [-0.39, 0.29) is 0 Å². The molecule has 1 aromatic carbocycles. The summed E-state index contributed by atoms with van der Waals surface area (Å²) in [4.78, 5) is 0. The van der Waals surface area contributed by atoms with E-state index in [2.05, 4.69) is 0 Å². The Kier molecular flexibility index (Phi) is 3.73. The van der Waals surface area contributed by atoms with E-state index in [4.69, 9.17) is 9.47 Å². The molecule has 1 N–H and O–H groups in total. The van der Waals surface area contributed by atoms with Crippen molar-refractivity contribution in [2.75, 3.05) is 13.7 Å². The molecule has 0 saturated heterocycles. The highest BCUT2D eigenvalue weighted by Gasteiger charge is 2.05. The van der Waals surface area contributed by atoms with Gasteiger partial charge in [-0.2, -0.15) is 0 Å². The largest absolute Gasteiger partial charge is 0.494 e. The van der Waals surface area contributed by atoms with Crippen LogP contribution in [-0.4, -0.2) is 18.8 Å². The van der Waals surface area contributed by atoms with Crippen LogP contribution >= 0.6 is 0 Å². The maximum atomic E-state index is 9.34. The van der Waals surface area contributed by atoms with Crippen molar-refractivity contribution in [3.8, 4) is 5.75 Å². The first-order valence-corrected chi connectivity index (χ1v) is 4.21. The zero-order valence-corrected chi connectivity index (χ0v) is 7.86. The second-order valence-electron chi connectivity index (χ2n) is 2.59. The van der Waals surface area contributed by atoms with Gasteiger partial charge in [-0.05, 0) is 19.1 Å². The maximum Gasteiger partial charge on any atom is 0.180 e. The number of hydrogen-bond donors (Lipinski definition) is 1. The molecule has 3 nitrogen and oxygen atoms in total. The first-order chi connectivity index (χ1) is 6.27. The summed E-state index contributed by atoms with van der Waals surface area (Å²) in [5, 5.41) is 9.34. The minimum Gasteiger partial charge on any atom is -0.494 e. The number of ether oxygens (including phenoxy) is 2. The second kappa shape index (κ2) is 4.84. The summed E-state index contributed by atoms with van der Waals surface area (Å²) in [6, 6.07) is 7.21. The van der Waals surface area contributed by atoms with Crippen LogP contribution in [0.4, 0.5) is 0 Å². The lowest BCUT2D eigenvalue weighted by atomic mass is 10.2. The van der Waals surface area contributed by atoms with Gasteiger partial charge in [-0.25, -0.2) is 0 Å². The Morgan fingerprint density at radius 2 is 2.23 bits per heavy atom. The van der Waals surface area contributed by atoms with Crippen molar-refractivity contribution in [1.82, 2.24) is 0 Å². The zero-order chi connectivity index (χ0) is 9.68. The molecule has 3 heteroatoms. The second-order valence-corrected chi connectivity index (χ2v) is 2.59. The van der Waals surface area contributed by atoms with Gasteiger partial charge in [0.2, 0.25) is 0 Å². The third kappa shape index (κ3) is 2.72. The van der Waals surface area contributed by atoms with Crippen LogP contribution in [-0.2, 0) is 4.74 Å². The smallest absolute Gasteiger partial charge is 0.180 e. The van der Waals surface area contributed by atoms with Crippen molar-refractivity contribution in [1.29, 1.82) is 0 Å². The van der Waals surface area contributed by atoms with Gasteiger partial charge in [-0.15, -0.1) is 0 Å². The van der Waals surface area contributed by atoms with Crippen molar-refractivity contribution in [3.63, 3.8) is 0 Å². The zero-order valence-electron chi connectivity index (χ0n) is 7.86. The molecule has 0 aromatic heterocycles. The van der Waals surface area contributed by atoms with E-state index in [0.29, 0.717) is 12.2 Å². The van der Waals surface area contributed by atoms with E-state index in [1.54, 1.807) is 12.1 Å². The summed E-state index contributed by atoms with van der Waals surface area (Å²) in [6.07, 6.45) is -0.875. The van der Waals surface area contributed by atoms with Crippen LogP contribution in [0.5, 0.6) is 5.75 Å². The van der Waals surface area contributed by atoms with Crippen LogP contribution in [0.25, 0.3) is 0 Å². The van der Waals surface area contributed by atoms with Gasteiger partial charge in [-0.1, -0.05) is 12.1 Å². The molecule has 13 heavy (non-hydrogen) atoms. The SMILES string of the molecule is CCOc1cccc(C(O)OC)c1. The van der Waals surface area contributed by atoms with Crippen LogP contribution in [0.3, 0.4) is 0 Å². The molecule has 0 radical (unpaired) electrons. The van der Waals surface area contributed by atoms with Crippen molar-refractivity contribution in [3.05, 3.63) is 29.8 Å². The summed E-state index contributed by atoms with van der Waals surface area (Å²) >= 11 is 0. The van der Waals surface area contributed by atoms with Crippen molar-refractivity contribution in [2.45, 2.75) is 13.2 Å². The summed E-state index contributed by atoms with van der Waals surface area (Å²) in [5.41, 5.74) is 0.702. The first kappa shape index (κ1) is 10.0. The lowest BCUT2D eigenvalue weighted by molar-refractivity contribution is -0.0770. The Morgan fingerprint density at radius 3 is 2.85 bits per heavy atom. The molecule has 1 atom stereocenters. The molecule has 0 spiro atoms. The minimum atomic E-state index is -0.875. The molecule has 0 bridgehead atoms. The lowest BCUT2D eigenvalue weighted by Gasteiger charge is -2.10. The van der Waals surface area contributed by atoms with E-state index >= 15 is 0 Å². The van der Waals surface area contributed by atoms with E-state index < -0.39 is 6.29 Å². The molecular weight excluding hydrogens is 168 g/mol. The number of hydrogen-bond acceptors (Lipinski definition) is 3. The number of aliphatic hydroxyl groups excluding tert-OH is 1. The fourth-order valence-corrected chi connectivity index (χ4v) is 1.06. The van der Waals surface area contributed by atoms with Gasteiger partial charge in [0.25, 0.3) is 0 Å². The third-order valence-corrected chi connectivity index (χ3v) is 1.68. The average molecular weight is 182 g/mol. The summed E-state index contributed by atoms with van der Waals surface area (Å²) in [7, 11) is 1.46. The summed E-state index contributed by atoms with van der Waals surface area (Å²) in [5.74, 6) is 0.746. The van der Waals surface area contributed by atoms with Gasteiger partial charge in [-0.3, -0.25) is 0 Å². The number of rotatable bonds is 4. The van der Waals surface area contributed by atoms with Gasteiger partial charge in [0, 0.05) is 12.7 Å². The van der Waals surface area contributed by atoms with Crippen LogP contribution < -0.4 is 4.74 Å². The van der Waals surface area contributed by atoms with Crippen LogP contribution in [0.2, 0.25) is 0 Å². The molecule has 0 aliphatic carbocycles. The Hall–Kier alpha value is -1.06. The Morgan fingerprint density at radius 1 is 1.46 bits per heavy atom. The third-order valence-electron chi connectivity index (χ3n) is 1.68. The summed E-state index contributed by atoms with van der Waals surface area (Å²) < 4.78 is 10.0. The van der Waals surface area contributed by atoms with Gasteiger partial charge < -0.3 is 14.6 Å². The van der Waals surface area contributed by atoms with Crippen molar-refractivity contribution in [2.24, 2.45) is 0 Å². The number of aliphatic hydroxyl groups is 1.